The van der Waals surface area contributed by atoms with Crippen LogP contribution in [0.15, 0.2) is 23.2 Å². The summed E-state index contributed by atoms with van der Waals surface area (Å²) in [7, 11) is 8.69. The molecule has 8 heteroatoms. The summed E-state index contributed by atoms with van der Waals surface area (Å²) in [5.41, 5.74) is 1.06. The highest BCUT2D eigenvalue weighted by Crippen LogP contribution is 2.25. The molecule has 0 saturated heterocycles. The largest absolute Gasteiger partial charge is 0.497 e. The normalized spacial score (nSPS) is 10.8. The lowest BCUT2D eigenvalue weighted by Crippen LogP contribution is -2.40. The zero-order chi connectivity index (χ0) is 17.8. The van der Waals surface area contributed by atoms with E-state index in [9.17, 15) is 0 Å². The molecule has 0 aromatic heterocycles. The van der Waals surface area contributed by atoms with Crippen LogP contribution in [0.3, 0.4) is 0 Å². The van der Waals surface area contributed by atoms with E-state index in [2.05, 4.69) is 10.3 Å². The van der Waals surface area contributed by atoms with E-state index < -0.39 is 0 Å². The number of nitrogens with one attached hydrogen (secondary N) is 1. The molecule has 144 valence electrons. The molecular formula is C17H30IN3O4. The number of hydrogen-bond acceptors (Lipinski definition) is 5. The molecule has 1 N–H and O–H groups in total. The Balaban J connectivity index is 0.00000576. The van der Waals surface area contributed by atoms with Gasteiger partial charge in [0.25, 0.3) is 0 Å². The summed E-state index contributed by atoms with van der Waals surface area (Å²) in [6.45, 7) is 3.14. The second-order valence-electron chi connectivity index (χ2n) is 5.11. The lowest BCUT2D eigenvalue weighted by atomic mass is 10.2. The van der Waals surface area contributed by atoms with Crippen molar-refractivity contribution in [2.24, 2.45) is 4.99 Å². The highest BCUT2D eigenvalue weighted by molar-refractivity contribution is 14.0. The van der Waals surface area contributed by atoms with Gasteiger partial charge in [0.15, 0.2) is 5.96 Å². The average molecular weight is 467 g/mol. The third-order valence-corrected chi connectivity index (χ3v) is 3.44. The number of aliphatic imine (C=N–C) groups is 1. The van der Waals surface area contributed by atoms with E-state index in [-0.39, 0.29) is 24.0 Å². The summed E-state index contributed by atoms with van der Waals surface area (Å²) < 4.78 is 21.0. The first-order valence-electron chi connectivity index (χ1n) is 7.85. The van der Waals surface area contributed by atoms with Gasteiger partial charge < -0.3 is 29.2 Å². The summed E-state index contributed by atoms with van der Waals surface area (Å²) in [5, 5.41) is 3.27. The maximum atomic E-state index is 5.44. The Morgan fingerprint density at radius 3 is 2.48 bits per heavy atom. The molecule has 0 saturated carbocycles. The molecule has 0 heterocycles. The van der Waals surface area contributed by atoms with Gasteiger partial charge in [0, 0.05) is 45.9 Å². The molecule has 0 aliphatic heterocycles. The Hall–Kier alpha value is -1.26. The molecule has 0 aliphatic carbocycles. The van der Waals surface area contributed by atoms with Crippen LogP contribution in [-0.4, -0.2) is 72.6 Å². The molecular weight excluding hydrogens is 437 g/mol. The minimum atomic E-state index is 0. The summed E-state index contributed by atoms with van der Waals surface area (Å²) in [5.74, 6) is 2.36. The zero-order valence-corrected chi connectivity index (χ0v) is 18.0. The molecule has 1 aromatic rings. The number of halogens is 1. The van der Waals surface area contributed by atoms with E-state index in [1.807, 2.05) is 30.1 Å². The smallest absolute Gasteiger partial charge is 0.193 e. The molecule has 0 unspecified atom stereocenters. The Kier molecular flexibility index (Phi) is 13.3. The zero-order valence-electron chi connectivity index (χ0n) is 15.7. The molecule has 0 bridgehead atoms. The van der Waals surface area contributed by atoms with Crippen molar-refractivity contribution in [1.82, 2.24) is 10.2 Å². The Labute approximate surface area is 167 Å². The maximum Gasteiger partial charge on any atom is 0.193 e. The quantitative estimate of drug-likeness (QED) is 0.246. The predicted molar refractivity (Wildman–Crippen MR) is 110 cm³/mol. The average Bonchev–Trinajstić information content (AvgIpc) is 2.61. The lowest BCUT2D eigenvalue weighted by molar-refractivity contribution is 0.0731. The molecule has 0 amide bonds. The van der Waals surface area contributed by atoms with Crippen LogP contribution in [0.4, 0.5) is 0 Å². The Morgan fingerprint density at radius 2 is 1.88 bits per heavy atom. The van der Waals surface area contributed by atoms with Crippen LogP contribution >= 0.6 is 24.0 Å². The number of rotatable bonds is 10. The molecule has 1 aromatic carbocycles. The SMILES string of the molecule is CN=C(NCCOCCOC)N(C)Cc1ccc(OC)cc1OC.I. The first kappa shape index (κ1) is 23.7. The van der Waals surface area contributed by atoms with Crippen LogP contribution < -0.4 is 14.8 Å². The van der Waals surface area contributed by atoms with Crippen LogP contribution in [-0.2, 0) is 16.0 Å². The van der Waals surface area contributed by atoms with E-state index in [1.165, 1.54) is 0 Å². The van der Waals surface area contributed by atoms with Crippen molar-refractivity contribution < 1.29 is 18.9 Å². The minimum Gasteiger partial charge on any atom is -0.497 e. The highest BCUT2D eigenvalue weighted by atomic mass is 127. The van der Waals surface area contributed by atoms with Crippen molar-refractivity contribution >= 4 is 29.9 Å². The van der Waals surface area contributed by atoms with Crippen molar-refractivity contribution in [3.63, 3.8) is 0 Å². The molecule has 0 atom stereocenters. The van der Waals surface area contributed by atoms with Gasteiger partial charge in [-0.3, -0.25) is 4.99 Å². The van der Waals surface area contributed by atoms with E-state index in [1.54, 1.807) is 28.4 Å². The molecule has 0 aliphatic rings. The molecule has 0 spiro atoms. The van der Waals surface area contributed by atoms with Gasteiger partial charge in [0.2, 0.25) is 0 Å². The number of guanidine groups is 1. The number of nitrogens with zero attached hydrogens (tertiary/aromatic N) is 2. The Morgan fingerprint density at radius 1 is 1.12 bits per heavy atom. The van der Waals surface area contributed by atoms with Crippen LogP contribution in [0.2, 0.25) is 0 Å². The highest BCUT2D eigenvalue weighted by Gasteiger charge is 2.11. The number of benzene rings is 1. The molecule has 0 radical (unpaired) electrons. The summed E-state index contributed by atoms with van der Waals surface area (Å²) in [6, 6.07) is 5.80. The monoisotopic (exact) mass is 467 g/mol. The number of ether oxygens (including phenoxy) is 4. The van der Waals surface area contributed by atoms with Crippen molar-refractivity contribution in [3.05, 3.63) is 23.8 Å². The second kappa shape index (κ2) is 14.0. The van der Waals surface area contributed by atoms with E-state index in [4.69, 9.17) is 18.9 Å². The van der Waals surface area contributed by atoms with E-state index in [0.29, 0.717) is 32.9 Å². The fourth-order valence-electron chi connectivity index (χ4n) is 2.18. The van der Waals surface area contributed by atoms with Crippen LogP contribution in [0.25, 0.3) is 0 Å². The number of methoxy groups -OCH3 is 3. The van der Waals surface area contributed by atoms with Gasteiger partial charge in [0.05, 0.1) is 34.0 Å². The van der Waals surface area contributed by atoms with Crippen molar-refractivity contribution in [3.8, 4) is 11.5 Å². The number of hydrogen-bond donors (Lipinski definition) is 1. The van der Waals surface area contributed by atoms with Gasteiger partial charge in [-0.15, -0.1) is 24.0 Å². The topological polar surface area (TPSA) is 64.6 Å². The van der Waals surface area contributed by atoms with Crippen LogP contribution in [0, 0.1) is 0 Å². The lowest BCUT2D eigenvalue weighted by Gasteiger charge is -2.23. The summed E-state index contributed by atoms with van der Waals surface area (Å²) >= 11 is 0. The first-order valence-corrected chi connectivity index (χ1v) is 7.85. The fourth-order valence-corrected chi connectivity index (χ4v) is 2.18. The van der Waals surface area contributed by atoms with E-state index >= 15 is 0 Å². The van der Waals surface area contributed by atoms with Crippen LogP contribution in [0.5, 0.6) is 11.5 Å². The van der Waals surface area contributed by atoms with Crippen LogP contribution in [0.1, 0.15) is 5.56 Å². The first-order chi connectivity index (χ1) is 11.7. The maximum absolute atomic E-state index is 5.44. The fraction of sp³-hybridized carbons (Fsp3) is 0.588. The summed E-state index contributed by atoms with van der Waals surface area (Å²) in [4.78, 5) is 6.32. The molecule has 0 fully saturated rings. The van der Waals surface area contributed by atoms with Gasteiger partial charge in [-0.05, 0) is 12.1 Å². The van der Waals surface area contributed by atoms with Crippen molar-refractivity contribution in [2.45, 2.75) is 6.54 Å². The third-order valence-electron chi connectivity index (χ3n) is 3.44. The van der Waals surface area contributed by atoms with Crippen molar-refractivity contribution in [2.75, 3.05) is 61.8 Å². The Bertz CT molecular complexity index is 515. The van der Waals surface area contributed by atoms with Gasteiger partial charge in [-0.25, -0.2) is 0 Å². The van der Waals surface area contributed by atoms with Gasteiger partial charge in [-0.1, -0.05) is 0 Å². The predicted octanol–water partition coefficient (Wildman–Crippen LogP) is 1.99. The van der Waals surface area contributed by atoms with Gasteiger partial charge in [-0.2, -0.15) is 0 Å². The standard InChI is InChI=1S/C17H29N3O4.HI/c1-18-17(19-8-9-24-11-10-21-3)20(2)13-14-6-7-15(22-4)12-16(14)23-5;/h6-7,12H,8-11,13H2,1-5H3,(H,18,19);1H. The van der Waals surface area contributed by atoms with Crippen molar-refractivity contribution in [1.29, 1.82) is 0 Å². The minimum absolute atomic E-state index is 0. The third kappa shape index (κ3) is 8.59. The van der Waals surface area contributed by atoms with E-state index in [0.717, 1.165) is 23.0 Å². The molecule has 7 nitrogen and oxygen atoms in total. The van der Waals surface area contributed by atoms with Gasteiger partial charge in [0.1, 0.15) is 11.5 Å². The molecule has 25 heavy (non-hydrogen) atoms. The second-order valence-corrected chi connectivity index (χ2v) is 5.11. The van der Waals surface area contributed by atoms with Gasteiger partial charge >= 0.3 is 0 Å². The molecule has 1 rings (SSSR count). The summed E-state index contributed by atoms with van der Waals surface area (Å²) in [6.07, 6.45) is 0.